The van der Waals surface area contributed by atoms with Crippen molar-refractivity contribution in [1.82, 2.24) is 15.0 Å². The van der Waals surface area contributed by atoms with Gasteiger partial charge in [-0.25, -0.2) is 0 Å². The van der Waals surface area contributed by atoms with E-state index < -0.39 is 0 Å². The molecule has 0 amide bonds. The molecule has 2 aromatic carbocycles. The number of hydrogen-bond acceptors (Lipinski definition) is 6. The molecule has 3 aromatic rings. The highest BCUT2D eigenvalue weighted by atomic mass is 16.5. The average molecular weight is 281 g/mol. The largest absolute Gasteiger partial charge is 0.467 e. The molecule has 0 bridgehead atoms. The van der Waals surface area contributed by atoms with Crippen molar-refractivity contribution in [2.45, 2.75) is 0 Å². The van der Waals surface area contributed by atoms with Crippen molar-refractivity contribution >= 4 is 28.4 Å². The third kappa shape index (κ3) is 2.84. The number of hydrogen-bond donors (Lipinski definition) is 2. The predicted molar refractivity (Wildman–Crippen MR) is 83.2 cm³/mol. The fourth-order valence-corrected chi connectivity index (χ4v) is 2.01. The third-order valence-corrected chi connectivity index (χ3v) is 3.03. The van der Waals surface area contributed by atoms with Gasteiger partial charge in [-0.3, -0.25) is 0 Å². The fraction of sp³-hybridized carbons (Fsp3) is 0.133. The Morgan fingerprint density at radius 1 is 0.905 bits per heavy atom. The van der Waals surface area contributed by atoms with Crippen LogP contribution in [0.1, 0.15) is 0 Å². The van der Waals surface area contributed by atoms with Crippen LogP contribution in [0.5, 0.6) is 6.01 Å². The molecule has 0 fully saturated rings. The van der Waals surface area contributed by atoms with E-state index in [4.69, 9.17) is 4.74 Å². The quantitative estimate of drug-likeness (QED) is 0.766. The summed E-state index contributed by atoms with van der Waals surface area (Å²) in [6.45, 7) is 0. The lowest BCUT2D eigenvalue weighted by molar-refractivity contribution is 0.379. The van der Waals surface area contributed by atoms with Gasteiger partial charge >= 0.3 is 6.01 Å². The molecular weight excluding hydrogens is 266 g/mol. The van der Waals surface area contributed by atoms with Gasteiger partial charge in [0.2, 0.25) is 11.9 Å². The summed E-state index contributed by atoms with van der Waals surface area (Å²) >= 11 is 0. The van der Waals surface area contributed by atoms with Gasteiger partial charge in [0.1, 0.15) is 0 Å². The maximum Gasteiger partial charge on any atom is 0.322 e. The van der Waals surface area contributed by atoms with Gasteiger partial charge in [0.15, 0.2) is 0 Å². The van der Waals surface area contributed by atoms with E-state index in [1.807, 2.05) is 24.3 Å². The van der Waals surface area contributed by atoms with Crippen LogP contribution in [0.15, 0.2) is 42.5 Å². The van der Waals surface area contributed by atoms with Crippen molar-refractivity contribution in [2.75, 3.05) is 24.8 Å². The highest BCUT2D eigenvalue weighted by Gasteiger charge is 2.06. The second kappa shape index (κ2) is 5.62. The number of benzene rings is 2. The number of nitrogens with one attached hydrogen (secondary N) is 2. The van der Waals surface area contributed by atoms with Gasteiger partial charge in [-0.2, -0.15) is 15.0 Å². The number of ether oxygens (including phenoxy) is 1. The lowest BCUT2D eigenvalue weighted by atomic mass is 10.1. The summed E-state index contributed by atoms with van der Waals surface area (Å²) in [6.07, 6.45) is 0. The first-order chi connectivity index (χ1) is 10.3. The standard InChI is InChI=1S/C15H15N5O/c1-16-13-18-14(20-15(19-13)21-2)17-12-8-7-10-5-3-4-6-11(10)9-12/h3-9H,1-2H3,(H2,16,17,18,19,20). The molecule has 21 heavy (non-hydrogen) atoms. The number of anilines is 3. The maximum absolute atomic E-state index is 5.06. The van der Waals surface area contributed by atoms with Crippen molar-refractivity contribution in [2.24, 2.45) is 0 Å². The molecule has 0 radical (unpaired) electrons. The van der Waals surface area contributed by atoms with Crippen LogP contribution in [-0.4, -0.2) is 29.1 Å². The third-order valence-electron chi connectivity index (χ3n) is 3.03. The topological polar surface area (TPSA) is 72.0 Å². The van der Waals surface area contributed by atoms with Crippen molar-refractivity contribution in [1.29, 1.82) is 0 Å². The minimum Gasteiger partial charge on any atom is -0.467 e. The Bertz CT molecular complexity index is 753. The van der Waals surface area contributed by atoms with E-state index in [-0.39, 0.29) is 6.01 Å². The molecule has 1 aromatic heterocycles. The first-order valence-electron chi connectivity index (χ1n) is 6.52. The molecule has 0 aliphatic rings. The molecule has 0 saturated carbocycles. The lowest BCUT2D eigenvalue weighted by Gasteiger charge is -2.08. The molecule has 6 heteroatoms. The van der Waals surface area contributed by atoms with Crippen LogP contribution in [0, 0.1) is 0 Å². The van der Waals surface area contributed by atoms with Crippen LogP contribution >= 0.6 is 0 Å². The number of rotatable bonds is 4. The summed E-state index contributed by atoms with van der Waals surface area (Å²) < 4.78 is 5.06. The van der Waals surface area contributed by atoms with E-state index >= 15 is 0 Å². The summed E-state index contributed by atoms with van der Waals surface area (Å²) in [5.41, 5.74) is 0.906. The molecule has 1 heterocycles. The highest BCUT2D eigenvalue weighted by molar-refractivity contribution is 5.86. The van der Waals surface area contributed by atoms with Crippen molar-refractivity contribution < 1.29 is 4.74 Å². The van der Waals surface area contributed by atoms with Crippen molar-refractivity contribution in [3.63, 3.8) is 0 Å². The second-order valence-corrected chi connectivity index (χ2v) is 4.41. The minimum absolute atomic E-state index is 0.262. The summed E-state index contributed by atoms with van der Waals surface area (Å²) in [6, 6.07) is 14.5. The van der Waals surface area contributed by atoms with Crippen LogP contribution in [0.3, 0.4) is 0 Å². The van der Waals surface area contributed by atoms with Crippen LogP contribution < -0.4 is 15.4 Å². The van der Waals surface area contributed by atoms with E-state index in [1.54, 1.807) is 7.05 Å². The molecule has 0 unspecified atom stereocenters. The normalized spacial score (nSPS) is 10.4. The molecule has 0 spiro atoms. The Hall–Kier alpha value is -2.89. The highest BCUT2D eigenvalue weighted by Crippen LogP contribution is 2.21. The summed E-state index contributed by atoms with van der Waals surface area (Å²) in [5, 5.41) is 8.38. The van der Waals surface area contributed by atoms with E-state index in [2.05, 4.69) is 43.8 Å². The Labute approximate surface area is 122 Å². The molecule has 6 nitrogen and oxygen atoms in total. The van der Waals surface area contributed by atoms with Gasteiger partial charge in [0.25, 0.3) is 0 Å². The van der Waals surface area contributed by atoms with Gasteiger partial charge in [-0.15, -0.1) is 0 Å². The first kappa shape index (κ1) is 13.1. The van der Waals surface area contributed by atoms with Gasteiger partial charge in [-0.05, 0) is 22.9 Å². The lowest BCUT2D eigenvalue weighted by Crippen LogP contribution is -2.05. The summed E-state index contributed by atoms with van der Waals surface area (Å²) in [4.78, 5) is 12.5. The maximum atomic E-state index is 5.06. The zero-order valence-corrected chi connectivity index (χ0v) is 11.8. The predicted octanol–water partition coefficient (Wildman–Crippen LogP) is 2.82. The first-order valence-corrected chi connectivity index (χ1v) is 6.52. The average Bonchev–Trinajstić information content (AvgIpc) is 2.54. The van der Waals surface area contributed by atoms with E-state index in [0.29, 0.717) is 11.9 Å². The van der Waals surface area contributed by atoms with E-state index in [9.17, 15) is 0 Å². The minimum atomic E-state index is 0.262. The molecule has 0 aliphatic carbocycles. The van der Waals surface area contributed by atoms with E-state index in [1.165, 1.54) is 12.5 Å². The molecule has 0 atom stereocenters. The van der Waals surface area contributed by atoms with Crippen molar-refractivity contribution in [3.8, 4) is 6.01 Å². The zero-order valence-electron chi connectivity index (χ0n) is 11.8. The smallest absolute Gasteiger partial charge is 0.322 e. The number of fused-ring (bicyclic) bond motifs is 1. The van der Waals surface area contributed by atoms with E-state index in [0.717, 1.165) is 11.1 Å². The summed E-state index contributed by atoms with van der Waals surface area (Å²) in [5.74, 6) is 0.881. The fourth-order valence-electron chi connectivity index (χ4n) is 2.01. The van der Waals surface area contributed by atoms with Gasteiger partial charge in [0.05, 0.1) is 7.11 Å². The van der Waals surface area contributed by atoms with Crippen LogP contribution in [-0.2, 0) is 0 Å². The Balaban J connectivity index is 1.94. The number of aromatic nitrogens is 3. The van der Waals surface area contributed by atoms with Gasteiger partial charge in [-0.1, -0.05) is 30.3 Å². The van der Waals surface area contributed by atoms with Crippen LogP contribution in [0.4, 0.5) is 17.6 Å². The van der Waals surface area contributed by atoms with Gasteiger partial charge < -0.3 is 15.4 Å². The number of methoxy groups -OCH3 is 1. The SMILES string of the molecule is CNc1nc(Nc2ccc3ccccc3c2)nc(OC)n1. The van der Waals surface area contributed by atoms with Crippen LogP contribution in [0.2, 0.25) is 0 Å². The summed E-state index contributed by atoms with van der Waals surface area (Å²) in [7, 11) is 3.27. The Kier molecular flexibility index (Phi) is 3.51. The van der Waals surface area contributed by atoms with Crippen molar-refractivity contribution in [3.05, 3.63) is 42.5 Å². The molecule has 3 rings (SSSR count). The van der Waals surface area contributed by atoms with Gasteiger partial charge in [0, 0.05) is 12.7 Å². The van der Waals surface area contributed by atoms with Crippen LogP contribution in [0.25, 0.3) is 10.8 Å². The zero-order chi connectivity index (χ0) is 14.7. The molecule has 106 valence electrons. The Morgan fingerprint density at radius 3 is 2.43 bits per heavy atom. The Morgan fingerprint density at radius 2 is 1.67 bits per heavy atom. The molecular formula is C15H15N5O. The molecule has 0 saturated heterocycles. The molecule has 2 N–H and O–H groups in total. The monoisotopic (exact) mass is 281 g/mol. The second-order valence-electron chi connectivity index (χ2n) is 4.41. The molecule has 0 aliphatic heterocycles. The number of nitrogens with zero attached hydrogens (tertiary/aromatic N) is 3.